The normalized spacial score (nSPS) is 12.4. The summed E-state index contributed by atoms with van der Waals surface area (Å²) in [5, 5.41) is 11.5. The summed E-state index contributed by atoms with van der Waals surface area (Å²) in [5.41, 5.74) is 0.795. The highest BCUT2D eigenvalue weighted by Crippen LogP contribution is 2.48. The van der Waals surface area contributed by atoms with Gasteiger partial charge >= 0.3 is 19.7 Å². The van der Waals surface area contributed by atoms with Crippen LogP contribution in [-0.4, -0.2) is 42.6 Å². The Hall–Kier alpha value is -1.89. The Bertz CT molecular complexity index is 598. The van der Waals surface area contributed by atoms with Crippen LogP contribution in [0.3, 0.4) is 0 Å². The summed E-state index contributed by atoms with van der Waals surface area (Å²) in [5.74, 6) is -1.19. The number of aliphatic carboxylic acids is 1. The molecular weight excluding hydrogens is 361 g/mol. The minimum absolute atomic E-state index is 0.0445. The molecule has 26 heavy (non-hydrogen) atoms. The van der Waals surface area contributed by atoms with Crippen molar-refractivity contribution in [1.82, 2.24) is 5.32 Å². The number of nitrogens with one attached hydrogen (secondary N) is 1. The molecule has 0 saturated heterocycles. The molecule has 0 aliphatic rings. The lowest BCUT2D eigenvalue weighted by molar-refractivity contribution is -0.139. The molecule has 1 rings (SSSR count). The van der Waals surface area contributed by atoms with Gasteiger partial charge in [-0.25, -0.2) is 9.59 Å². The molecule has 1 atom stereocenters. The van der Waals surface area contributed by atoms with Crippen LogP contribution in [0.1, 0.15) is 32.3 Å². The standard InChI is InChI=1S/C17H26NO7P/c1-3-24-26(22,25-4-2)12-8-11-15(16(19)20)18-17(21)23-13-14-9-6-5-7-10-14/h5-7,9-10,15H,3-4,8,11-13H2,1-2H3,(H,18,21)(H,19,20). The van der Waals surface area contributed by atoms with E-state index >= 15 is 0 Å². The van der Waals surface area contributed by atoms with Crippen LogP contribution in [0, 0.1) is 0 Å². The van der Waals surface area contributed by atoms with E-state index in [4.69, 9.17) is 13.8 Å². The first kappa shape index (κ1) is 22.2. The van der Waals surface area contributed by atoms with Crippen molar-refractivity contribution >= 4 is 19.7 Å². The number of amides is 1. The second kappa shape index (κ2) is 11.7. The molecule has 0 radical (unpaired) electrons. The van der Waals surface area contributed by atoms with Gasteiger partial charge in [0.05, 0.1) is 19.4 Å². The van der Waals surface area contributed by atoms with Gasteiger partial charge in [0.1, 0.15) is 12.6 Å². The molecule has 0 spiro atoms. The van der Waals surface area contributed by atoms with Crippen molar-refractivity contribution in [3.63, 3.8) is 0 Å². The summed E-state index contributed by atoms with van der Waals surface area (Å²) in [6, 6.07) is 7.90. The minimum Gasteiger partial charge on any atom is -0.480 e. The predicted octanol–water partition coefficient (Wildman–Crippen LogP) is 3.41. The number of ether oxygens (including phenoxy) is 1. The number of carbonyl (C=O) groups excluding carboxylic acids is 1. The molecular formula is C17H26NO7P. The van der Waals surface area contributed by atoms with Crippen molar-refractivity contribution < 1.29 is 33.0 Å². The smallest absolute Gasteiger partial charge is 0.408 e. The molecule has 0 heterocycles. The lowest BCUT2D eigenvalue weighted by Crippen LogP contribution is -2.41. The number of benzene rings is 1. The molecule has 8 nitrogen and oxygen atoms in total. The van der Waals surface area contributed by atoms with Crippen LogP contribution < -0.4 is 5.32 Å². The van der Waals surface area contributed by atoms with E-state index in [1.165, 1.54) is 0 Å². The number of rotatable bonds is 12. The number of hydrogen-bond acceptors (Lipinski definition) is 6. The molecule has 1 unspecified atom stereocenters. The molecule has 9 heteroatoms. The molecule has 0 aliphatic carbocycles. The zero-order valence-electron chi connectivity index (χ0n) is 15.1. The van der Waals surface area contributed by atoms with Crippen LogP contribution in [0.15, 0.2) is 30.3 Å². The van der Waals surface area contributed by atoms with Crippen molar-refractivity contribution in [3.05, 3.63) is 35.9 Å². The largest absolute Gasteiger partial charge is 0.480 e. The highest BCUT2D eigenvalue weighted by atomic mass is 31.2. The van der Waals surface area contributed by atoms with Gasteiger partial charge in [-0.2, -0.15) is 0 Å². The maximum Gasteiger partial charge on any atom is 0.408 e. The van der Waals surface area contributed by atoms with Gasteiger partial charge in [-0.3, -0.25) is 4.57 Å². The van der Waals surface area contributed by atoms with Crippen molar-refractivity contribution in [3.8, 4) is 0 Å². The van der Waals surface area contributed by atoms with E-state index in [1.54, 1.807) is 26.0 Å². The number of alkyl carbamates (subject to hydrolysis) is 1. The van der Waals surface area contributed by atoms with Crippen LogP contribution in [0.5, 0.6) is 0 Å². The van der Waals surface area contributed by atoms with Crippen LogP contribution in [0.2, 0.25) is 0 Å². The average Bonchev–Trinajstić information content (AvgIpc) is 2.60. The van der Waals surface area contributed by atoms with Crippen LogP contribution >= 0.6 is 7.60 Å². The quantitative estimate of drug-likeness (QED) is 0.529. The summed E-state index contributed by atoms with van der Waals surface area (Å²) in [6.45, 7) is 3.93. The van der Waals surface area contributed by atoms with Gasteiger partial charge in [-0.1, -0.05) is 30.3 Å². The topological polar surface area (TPSA) is 111 Å². The van der Waals surface area contributed by atoms with E-state index in [0.717, 1.165) is 5.56 Å². The van der Waals surface area contributed by atoms with Crippen LogP contribution in [0.4, 0.5) is 4.79 Å². The number of carbonyl (C=O) groups is 2. The third-order valence-corrected chi connectivity index (χ3v) is 5.55. The van der Waals surface area contributed by atoms with E-state index in [1.807, 2.05) is 18.2 Å². The van der Waals surface area contributed by atoms with Gasteiger partial charge in [-0.05, 0) is 32.3 Å². The molecule has 1 aromatic carbocycles. The van der Waals surface area contributed by atoms with Gasteiger partial charge in [0, 0.05) is 0 Å². The van der Waals surface area contributed by atoms with Crippen molar-refractivity contribution in [1.29, 1.82) is 0 Å². The molecule has 0 bridgehead atoms. The van der Waals surface area contributed by atoms with Crippen molar-refractivity contribution in [2.24, 2.45) is 0 Å². The van der Waals surface area contributed by atoms with Crippen molar-refractivity contribution in [2.75, 3.05) is 19.4 Å². The summed E-state index contributed by atoms with van der Waals surface area (Å²) >= 11 is 0. The molecule has 0 aliphatic heterocycles. The lowest BCUT2D eigenvalue weighted by Gasteiger charge is -2.18. The van der Waals surface area contributed by atoms with Gasteiger partial charge in [0.25, 0.3) is 0 Å². The fraction of sp³-hybridized carbons (Fsp3) is 0.529. The predicted molar refractivity (Wildman–Crippen MR) is 96.1 cm³/mol. The van der Waals surface area contributed by atoms with Gasteiger partial charge in [0.2, 0.25) is 0 Å². The Balaban J connectivity index is 2.46. The summed E-state index contributed by atoms with van der Waals surface area (Å²) in [4.78, 5) is 23.1. The van der Waals surface area contributed by atoms with Crippen LogP contribution in [0.25, 0.3) is 0 Å². The summed E-state index contributed by atoms with van der Waals surface area (Å²) in [7, 11) is -3.23. The zero-order valence-corrected chi connectivity index (χ0v) is 15.9. The first-order chi connectivity index (χ1) is 12.4. The number of hydrogen-bond donors (Lipinski definition) is 2. The lowest BCUT2D eigenvalue weighted by atomic mass is 10.2. The average molecular weight is 387 g/mol. The molecule has 2 N–H and O–H groups in total. The SMILES string of the molecule is CCOP(=O)(CCCC(NC(=O)OCc1ccccc1)C(=O)O)OCC. The van der Waals surface area contributed by atoms with Crippen molar-refractivity contribution in [2.45, 2.75) is 39.3 Å². The monoisotopic (exact) mass is 387 g/mol. The highest BCUT2D eigenvalue weighted by Gasteiger charge is 2.26. The second-order valence-corrected chi connectivity index (χ2v) is 7.59. The third-order valence-electron chi connectivity index (χ3n) is 3.38. The Morgan fingerprint density at radius 1 is 1.15 bits per heavy atom. The Morgan fingerprint density at radius 3 is 2.31 bits per heavy atom. The fourth-order valence-electron chi connectivity index (χ4n) is 2.21. The molecule has 146 valence electrons. The first-order valence-corrected chi connectivity index (χ1v) is 10.2. The maximum atomic E-state index is 12.3. The van der Waals surface area contributed by atoms with E-state index in [9.17, 15) is 19.3 Å². The molecule has 0 aromatic heterocycles. The Labute approximate surface area is 153 Å². The molecule has 0 fully saturated rings. The van der Waals surface area contributed by atoms with Gasteiger partial charge in [0.15, 0.2) is 0 Å². The second-order valence-electron chi connectivity index (χ2n) is 5.41. The molecule has 1 amide bonds. The highest BCUT2D eigenvalue weighted by molar-refractivity contribution is 7.53. The Kier molecular flexibility index (Phi) is 9.95. The molecule has 1 aromatic rings. The van der Waals surface area contributed by atoms with Gasteiger partial charge < -0.3 is 24.2 Å². The fourth-order valence-corrected chi connectivity index (χ4v) is 3.90. The van der Waals surface area contributed by atoms with E-state index in [0.29, 0.717) is 0 Å². The number of carboxylic acid groups (broad SMARTS) is 1. The Morgan fingerprint density at radius 2 is 1.77 bits per heavy atom. The van der Waals surface area contributed by atoms with E-state index in [2.05, 4.69) is 5.32 Å². The molecule has 0 saturated carbocycles. The van der Waals surface area contributed by atoms with E-state index in [-0.39, 0.29) is 38.8 Å². The zero-order chi connectivity index (χ0) is 19.4. The van der Waals surface area contributed by atoms with Crippen LogP contribution in [-0.2, 0) is 29.8 Å². The maximum absolute atomic E-state index is 12.3. The third kappa shape index (κ3) is 8.47. The van der Waals surface area contributed by atoms with Gasteiger partial charge in [-0.15, -0.1) is 0 Å². The first-order valence-electron chi connectivity index (χ1n) is 8.48. The van der Waals surface area contributed by atoms with E-state index < -0.39 is 25.7 Å². The minimum atomic E-state index is -3.23. The summed E-state index contributed by atoms with van der Waals surface area (Å²) < 4.78 is 27.7. The summed E-state index contributed by atoms with van der Waals surface area (Å²) in [6.07, 6.45) is -0.397. The number of carboxylic acids is 1.